The van der Waals surface area contributed by atoms with Crippen molar-refractivity contribution in [2.45, 2.75) is 6.61 Å². The molecule has 0 unspecified atom stereocenters. The van der Waals surface area contributed by atoms with Crippen LogP contribution >= 0.6 is 0 Å². The molecule has 138 valence electrons. The second-order valence-corrected chi connectivity index (χ2v) is 4.82. The Morgan fingerprint density at radius 1 is 1.08 bits per heavy atom. The number of carbonyl (C=O) groups excluding carboxylic acids is 2. The average Bonchev–Trinajstić information content (AvgIpc) is 3.13. The smallest absolute Gasteiger partial charge is 0.373 e. The molecule has 0 atom stereocenters. The summed E-state index contributed by atoms with van der Waals surface area (Å²) in [6, 6.07) is 5.00. The summed E-state index contributed by atoms with van der Waals surface area (Å²) in [6.45, 7) is -0.332. The summed E-state index contributed by atoms with van der Waals surface area (Å²) >= 11 is 0. The molecule has 1 heterocycles. The van der Waals surface area contributed by atoms with Crippen LogP contribution in [0.3, 0.4) is 0 Å². The fourth-order valence-corrected chi connectivity index (χ4v) is 2.06. The lowest BCUT2D eigenvalue weighted by molar-refractivity contribution is -0.385. The van der Waals surface area contributed by atoms with Crippen LogP contribution in [0.2, 0.25) is 0 Å². The number of nitrogens with zero attached hydrogens (tertiary/aromatic N) is 1. The third-order valence-electron chi connectivity index (χ3n) is 3.31. The number of nitro groups is 1. The van der Waals surface area contributed by atoms with E-state index >= 15 is 0 Å². The van der Waals surface area contributed by atoms with E-state index in [-0.39, 0.29) is 35.2 Å². The third-order valence-corrected chi connectivity index (χ3v) is 3.31. The van der Waals surface area contributed by atoms with Gasteiger partial charge in [-0.3, -0.25) is 10.1 Å². The SMILES string of the molecule is COC(=O)c1ccc(COC(=O)c2cc(OC)c(OC)cc2[N+](=O)[O-])o1. The van der Waals surface area contributed by atoms with Crippen molar-refractivity contribution < 1.29 is 37.9 Å². The molecule has 26 heavy (non-hydrogen) atoms. The minimum atomic E-state index is -0.964. The van der Waals surface area contributed by atoms with Crippen LogP contribution in [0.5, 0.6) is 11.5 Å². The Bertz CT molecular complexity index is 840. The van der Waals surface area contributed by atoms with E-state index in [0.717, 1.165) is 12.1 Å². The highest BCUT2D eigenvalue weighted by molar-refractivity contribution is 5.95. The van der Waals surface area contributed by atoms with Crippen LogP contribution in [0, 0.1) is 10.1 Å². The number of furan rings is 1. The summed E-state index contributed by atoms with van der Waals surface area (Å²) in [5.41, 5.74) is -0.810. The van der Waals surface area contributed by atoms with Crippen molar-refractivity contribution in [3.8, 4) is 11.5 Å². The Balaban J connectivity index is 2.22. The normalized spacial score (nSPS) is 10.1. The number of benzene rings is 1. The maximum absolute atomic E-state index is 12.3. The molecule has 0 aliphatic carbocycles. The first-order valence-electron chi connectivity index (χ1n) is 7.15. The van der Waals surface area contributed by atoms with Crippen molar-refractivity contribution in [1.29, 1.82) is 0 Å². The van der Waals surface area contributed by atoms with Crippen LogP contribution in [-0.2, 0) is 16.1 Å². The lowest BCUT2D eigenvalue weighted by Crippen LogP contribution is -2.09. The first-order valence-corrected chi connectivity index (χ1v) is 7.15. The van der Waals surface area contributed by atoms with E-state index in [1.165, 1.54) is 33.5 Å². The predicted molar refractivity (Wildman–Crippen MR) is 85.4 cm³/mol. The van der Waals surface area contributed by atoms with Gasteiger partial charge in [-0.05, 0) is 12.1 Å². The van der Waals surface area contributed by atoms with Gasteiger partial charge in [-0.15, -0.1) is 0 Å². The summed E-state index contributed by atoms with van der Waals surface area (Å²) in [4.78, 5) is 34.0. The maximum Gasteiger partial charge on any atom is 0.373 e. The lowest BCUT2D eigenvalue weighted by atomic mass is 10.1. The number of esters is 2. The van der Waals surface area contributed by atoms with E-state index in [0.29, 0.717) is 0 Å². The molecule has 10 heteroatoms. The van der Waals surface area contributed by atoms with Gasteiger partial charge in [-0.25, -0.2) is 9.59 Å². The largest absolute Gasteiger partial charge is 0.493 e. The average molecular weight is 365 g/mol. The zero-order valence-corrected chi connectivity index (χ0v) is 14.1. The molecule has 0 aliphatic rings. The van der Waals surface area contributed by atoms with Crippen molar-refractivity contribution in [1.82, 2.24) is 0 Å². The van der Waals surface area contributed by atoms with Crippen molar-refractivity contribution in [3.05, 3.63) is 51.5 Å². The predicted octanol–water partition coefficient (Wildman–Crippen LogP) is 2.35. The van der Waals surface area contributed by atoms with Gasteiger partial charge in [-0.2, -0.15) is 0 Å². The molecule has 2 aromatic rings. The van der Waals surface area contributed by atoms with Crippen LogP contribution in [0.15, 0.2) is 28.7 Å². The zero-order chi connectivity index (χ0) is 19.3. The van der Waals surface area contributed by atoms with Gasteiger partial charge in [0.1, 0.15) is 17.9 Å². The number of carbonyl (C=O) groups is 2. The van der Waals surface area contributed by atoms with E-state index in [1.807, 2.05) is 0 Å². The molecule has 2 rings (SSSR count). The van der Waals surface area contributed by atoms with Gasteiger partial charge >= 0.3 is 11.9 Å². The maximum atomic E-state index is 12.3. The summed E-state index contributed by atoms with van der Waals surface area (Å²) in [6.07, 6.45) is 0. The Hall–Kier alpha value is -3.56. The number of nitro benzene ring substituents is 1. The first kappa shape index (κ1) is 18.8. The Morgan fingerprint density at radius 3 is 2.31 bits per heavy atom. The minimum absolute atomic E-state index is 0.0596. The zero-order valence-electron chi connectivity index (χ0n) is 14.1. The van der Waals surface area contributed by atoms with Crippen molar-refractivity contribution in [3.63, 3.8) is 0 Å². The molecule has 1 aromatic carbocycles. The molecular formula is C16H15NO9. The summed E-state index contributed by atoms with van der Waals surface area (Å²) in [5.74, 6) is -1.30. The van der Waals surface area contributed by atoms with Crippen molar-refractivity contribution in [2.75, 3.05) is 21.3 Å². The molecule has 0 radical (unpaired) electrons. The van der Waals surface area contributed by atoms with Crippen LogP contribution in [0.25, 0.3) is 0 Å². The van der Waals surface area contributed by atoms with Crippen LogP contribution < -0.4 is 9.47 Å². The second-order valence-electron chi connectivity index (χ2n) is 4.82. The highest BCUT2D eigenvalue weighted by Gasteiger charge is 2.26. The molecule has 0 N–H and O–H groups in total. The van der Waals surface area contributed by atoms with Crippen LogP contribution in [0.4, 0.5) is 5.69 Å². The Morgan fingerprint density at radius 2 is 1.73 bits per heavy atom. The molecule has 0 aliphatic heterocycles. The van der Waals surface area contributed by atoms with E-state index in [9.17, 15) is 19.7 Å². The van der Waals surface area contributed by atoms with Gasteiger partial charge in [0.2, 0.25) is 5.76 Å². The van der Waals surface area contributed by atoms with E-state index in [4.69, 9.17) is 18.6 Å². The van der Waals surface area contributed by atoms with Gasteiger partial charge < -0.3 is 23.4 Å². The molecule has 0 fully saturated rings. The molecular weight excluding hydrogens is 350 g/mol. The second kappa shape index (κ2) is 8.01. The molecule has 0 saturated carbocycles. The van der Waals surface area contributed by atoms with Crippen molar-refractivity contribution in [2.24, 2.45) is 0 Å². The molecule has 0 amide bonds. The van der Waals surface area contributed by atoms with Gasteiger partial charge in [0.15, 0.2) is 11.5 Å². The van der Waals surface area contributed by atoms with E-state index < -0.39 is 22.5 Å². The monoisotopic (exact) mass is 365 g/mol. The molecule has 1 aromatic heterocycles. The highest BCUT2D eigenvalue weighted by atomic mass is 16.6. The quantitative estimate of drug-likeness (QED) is 0.412. The van der Waals surface area contributed by atoms with Crippen LogP contribution in [0.1, 0.15) is 26.7 Å². The molecule has 10 nitrogen and oxygen atoms in total. The summed E-state index contributed by atoms with van der Waals surface area (Å²) < 4.78 is 24.7. The number of ether oxygens (including phenoxy) is 4. The first-order chi connectivity index (χ1) is 12.4. The minimum Gasteiger partial charge on any atom is -0.493 e. The van der Waals surface area contributed by atoms with Crippen LogP contribution in [-0.4, -0.2) is 38.2 Å². The Kier molecular flexibility index (Phi) is 5.78. The van der Waals surface area contributed by atoms with Gasteiger partial charge in [0.05, 0.1) is 32.3 Å². The van der Waals surface area contributed by atoms with Gasteiger partial charge in [-0.1, -0.05) is 0 Å². The summed E-state index contributed by atoms with van der Waals surface area (Å²) in [7, 11) is 3.84. The molecule has 0 spiro atoms. The fourth-order valence-electron chi connectivity index (χ4n) is 2.06. The lowest BCUT2D eigenvalue weighted by Gasteiger charge is -2.10. The van der Waals surface area contributed by atoms with Crippen molar-refractivity contribution >= 4 is 17.6 Å². The third kappa shape index (κ3) is 3.91. The van der Waals surface area contributed by atoms with Gasteiger partial charge in [0, 0.05) is 6.07 Å². The Labute approximate surface area is 147 Å². The number of methoxy groups -OCH3 is 3. The highest BCUT2D eigenvalue weighted by Crippen LogP contribution is 2.34. The topological polar surface area (TPSA) is 127 Å². The molecule has 0 bridgehead atoms. The standard InChI is InChI=1S/C16H15NO9/c1-22-13-6-10(11(17(20)21)7-14(13)23-2)15(18)25-8-9-4-5-12(26-9)16(19)24-3/h4-7H,8H2,1-3H3. The van der Waals surface area contributed by atoms with Gasteiger partial charge in [0.25, 0.3) is 5.69 Å². The number of hydrogen-bond donors (Lipinski definition) is 0. The fraction of sp³-hybridized carbons (Fsp3) is 0.250. The summed E-state index contributed by atoms with van der Waals surface area (Å²) in [5, 5.41) is 11.2. The van der Waals surface area contributed by atoms with E-state index in [2.05, 4.69) is 4.74 Å². The number of rotatable bonds is 7. The van der Waals surface area contributed by atoms with E-state index in [1.54, 1.807) is 0 Å². The molecule has 0 saturated heterocycles. The number of hydrogen-bond acceptors (Lipinski definition) is 9.